The maximum atomic E-state index is 10.5. The van der Waals surface area contributed by atoms with E-state index < -0.39 is 0 Å². The molecular formula is C19H29O3. The average molecular weight is 305 g/mol. The highest BCUT2D eigenvalue weighted by Gasteiger charge is 2.13. The molecule has 1 atom stereocenters. The second-order valence-electron chi connectivity index (χ2n) is 5.72. The summed E-state index contributed by atoms with van der Waals surface area (Å²) in [6.45, 7) is 5.91. The zero-order chi connectivity index (χ0) is 16.0. The number of para-hydroxylation sites is 2. The van der Waals surface area contributed by atoms with Gasteiger partial charge in [0.15, 0.2) is 11.5 Å². The summed E-state index contributed by atoms with van der Waals surface area (Å²) in [5, 5.41) is 0. The molecule has 0 spiro atoms. The Kier molecular flexibility index (Phi) is 10.2. The summed E-state index contributed by atoms with van der Waals surface area (Å²) in [5.74, 6) is 1.09. The lowest BCUT2D eigenvalue weighted by Gasteiger charge is -2.20. The van der Waals surface area contributed by atoms with Crippen LogP contribution in [0.1, 0.15) is 71.6 Å². The molecule has 1 radical (unpaired) electrons. The highest BCUT2D eigenvalue weighted by atomic mass is 16.5. The van der Waals surface area contributed by atoms with E-state index in [0.29, 0.717) is 11.5 Å². The van der Waals surface area contributed by atoms with Gasteiger partial charge in [0, 0.05) is 0 Å². The van der Waals surface area contributed by atoms with Crippen molar-refractivity contribution in [1.82, 2.24) is 0 Å². The van der Waals surface area contributed by atoms with Gasteiger partial charge in [-0.15, -0.1) is 0 Å². The lowest BCUT2D eigenvalue weighted by Crippen LogP contribution is -2.17. The average Bonchev–Trinajstić information content (AvgIpc) is 2.53. The predicted octanol–water partition coefficient (Wildman–Crippen LogP) is 5.43. The summed E-state index contributed by atoms with van der Waals surface area (Å²) < 4.78 is 11.0. The van der Waals surface area contributed by atoms with Gasteiger partial charge in [-0.2, -0.15) is 0 Å². The highest BCUT2D eigenvalue weighted by molar-refractivity contribution is 5.51. The molecule has 1 aromatic rings. The van der Waals surface area contributed by atoms with Gasteiger partial charge in [0.2, 0.25) is 0 Å². The summed E-state index contributed by atoms with van der Waals surface area (Å²) in [4.78, 5) is 10.5. The third-order valence-electron chi connectivity index (χ3n) is 3.80. The third kappa shape index (κ3) is 7.48. The first-order valence-electron chi connectivity index (χ1n) is 8.61. The van der Waals surface area contributed by atoms with Crippen LogP contribution in [0.3, 0.4) is 0 Å². The molecule has 22 heavy (non-hydrogen) atoms. The van der Waals surface area contributed by atoms with Gasteiger partial charge in [-0.1, -0.05) is 58.1 Å². The van der Waals surface area contributed by atoms with Crippen molar-refractivity contribution < 1.29 is 14.3 Å². The molecule has 3 nitrogen and oxygen atoms in total. The van der Waals surface area contributed by atoms with E-state index in [4.69, 9.17) is 9.47 Å². The summed E-state index contributed by atoms with van der Waals surface area (Å²) in [7, 11) is 0. The molecule has 1 rings (SSSR count). The third-order valence-corrected chi connectivity index (χ3v) is 3.80. The number of benzene rings is 1. The van der Waals surface area contributed by atoms with Gasteiger partial charge in [-0.05, 0) is 37.8 Å². The van der Waals surface area contributed by atoms with E-state index in [1.54, 1.807) is 6.07 Å². The SMILES string of the molecule is CCCCCCC(CCCCC)Oc1ccccc1O[C]=O. The maximum absolute atomic E-state index is 10.5. The molecule has 0 fully saturated rings. The van der Waals surface area contributed by atoms with Crippen molar-refractivity contribution in [2.75, 3.05) is 0 Å². The number of unbranched alkanes of at least 4 members (excludes halogenated alkanes) is 5. The lowest BCUT2D eigenvalue weighted by atomic mass is 10.0. The summed E-state index contributed by atoms with van der Waals surface area (Å²) in [6.07, 6.45) is 10.9. The van der Waals surface area contributed by atoms with E-state index in [1.807, 2.05) is 18.2 Å². The smallest absolute Gasteiger partial charge is 0.423 e. The van der Waals surface area contributed by atoms with E-state index in [-0.39, 0.29) is 6.10 Å². The van der Waals surface area contributed by atoms with Crippen molar-refractivity contribution in [3.05, 3.63) is 24.3 Å². The van der Waals surface area contributed by atoms with Crippen molar-refractivity contribution in [2.45, 2.75) is 77.7 Å². The monoisotopic (exact) mass is 305 g/mol. The van der Waals surface area contributed by atoms with Gasteiger partial charge in [-0.25, -0.2) is 4.79 Å². The van der Waals surface area contributed by atoms with Gasteiger partial charge >= 0.3 is 6.47 Å². The van der Waals surface area contributed by atoms with Crippen molar-refractivity contribution in [3.63, 3.8) is 0 Å². The number of hydrogen-bond donors (Lipinski definition) is 0. The van der Waals surface area contributed by atoms with Crippen LogP contribution in [0.2, 0.25) is 0 Å². The standard InChI is InChI=1S/C19H29O3/c1-3-5-7-9-13-17(12-8-6-4-2)22-19-15-11-10-14-18(19)21-16-20/h10-11,14-15,17H,3-9,12-13H2,1-2H3. The van der Waals surface area contributed by atoms with E-state index in [2.05, 4.69) is 13.8 Å². The second-order valence-corrected chi connectivity index (χ2v) is 5.72. The van der Waals surface area contributed by atoms with Crippen molar-refractivity contribution in [3.8, 4) is 11.5 Å². The molecule has 0 amide bonds. The fourth-order valence-electron chi connectivity index (χ4n) is 2.54. The fraction of sp³-hybridized carbons (Fsp3) is 0.632. The Hall–Kier alpha value is -1.51. The number of carbonyl (C=O) groups excluding carboxylic acids is 1. The Morgan fingerprint density at radius 1 is 0.909 bits per heavy atom. The Bertz CT molecular complexity index is 403. The van der Waals surface area contributed by atoms with Gasteiger partial charge < -0.3 is 9.47 Å². The Balaban J connectivity index is 2.59. The minimum atomic E-state index is 0.194. The zero-order valence-corrected chi connectivity index (χ0v) is 14.0. The molecule has 1 aromatic carbocycles. The van der Waals surface area contributed by atoms with Gasteiger partial charge in [0.05, 0.1) is 6.10 Å². The van der Waals surface area contributed by atoms with E-state index in [1.165, 1.54) is 51.4 Å². The van der Waals surface area contributed by atoms with Crippen LogP contribution >= 0.6 is 0 Å². The molecule has 0 bridgehead atoms. The number of rotatable bonds is 13. The molecule has 0 heterocycles. The first-order valence-corrected chi connectivity index (χ1v) is 8.61. The maximum Gasteiger partial charge on any atom is 0.423 e. The van der Waals surface area contributed by atoms with Crippen LogP contribution in [-0.4, -0.2) is 12.6 Å². The summed E-state index contributed by atoms with van der Waals surface area (Å²) in [6, 6.07) is 7.31. The van der Waals surface area contributed by atoms with Crippen molar-refractivity contribution >= 4 is 6.47 Å². The number of ether oxygens (including phenoxy) is 2. The van der Waals surface area contributed by atoms with Crippen molar-refractivity contribution in [2.24, 2.45) is 0 Å². The summed E-state index contributed by atoms with van der Waals surface area (Å²) >= 11 is 0. The van der Waals surface area contributed by atoms with Crippen LogP contribution < -0.4 is 9.47 Å². The Morgan fingerprint density at radius 3 is 2.14 bits per heavy atom. The van der Waals surface area contributed by atoms with Crippen LogP contribution in [0.25, 0.3) is 0 Å². The van der Waals surface area contributed by atoms with Crippen LogP contribution in [0.5, 0.6) is 11.5 Å². The first-order chi connectivity index (χ1) is 10.8. The van der Waals surface area contributed by atoms with Crippen LogP contribution in [0, 0.1) is 0 Å². The molecular weight excluding hydrogens is 276 g/mol. The molecule has 3 heteroatoms. The lowest BCUT2D eigenvalue weighted by molar-refractivity contribution is 0.168. The Labute approximate surface area is 135 Å². The van der Waals surface area contributed by atoms with Gasteiger partial charge in [0.25, 0.3) is 0 Å². The normalized spacial score (nSPS) is 11.9. The highest BCUT2D eigenvalue weighted by Crippen LogP contribution is 2.29. The number of hydrogen-bond acceptors (Lipinski definition) is 3. The molecule has 0 aliphatic rings. The second kappa shape index (κ2) is 12.1. The van der Waals surface area contributed by atoms with Gasteiger partial charge in [0.1, 0.15) is 0 Å². The minimum absolute atomic E-state index is 0.194. The molecule has 0 aliphatic carbocycles. The topological polar surface area (TPSA) is 35.5 Å². The predicted molar refractivity (Wildman–Crippen MR) is 90.1 cm³/mol. The molecule has 1 unspecified atom stereocenters. The first kappa shape index (κ1) is 18.5. The van der Waals surface area contributed by atoms with Gasteiger partial charge in [-0.3, -0.25) is 0 Å². The molecule has 0 aliphatic heterocycles. The Morgan fingerprint density at radius 2 is 1.50 bits per heavy atom. The quantitative estimate of drug-likeness (QED) is 0.456. The molecule has 0 aromatic heterocycles. The summed E-state index contributed by atoms with van der Waals surface area (Å²) in [5.41, 5.74) is 0. The fourth-order valence-corrected chi connectivity index (χ4v) is 2.54. The van der Waals surface area contributed by atoms with Crippen LogP contribution in [-0.2, 0) is 4.79 Å². The van der Waals surface area contributed by atoms with E-state index in [0.717, 1.165) is 12.8 Å². The van der Waals surface area contributed by atoms with Crippen LogP contribution in [0.4, 0.5) is 0 Å². The van der Waals surface area contributed by atoms with Crippen molar-refractivity contribution in [1.29, 1.82) is 0 Å². The minimum Gasteiger partial charge on any atom is -0.487 e. The molecule has 0 saturated carbocycles. The zero-order valence-electron chi connectivity index (χ0n) is 14.0. The largest absolute Gasteiger partial charge is 0.487 e. The van der Waals surface area contributed by atoms with Crippen LogP contribution in [0.15, 0.2) is 24.3 Å². The molecule has 0 N–H and O–H groups in total. The molecule has 123 valence electrons. The van der Waals surface area contributed by atoms with E-state index >= 15 is 0 Å². The molecule has 0 saturated heterocycles. The van der Waals surface area contributed by atoms with E-state index in [9.17, 15) is 4.79 Å².